The van der Waals surface area contributed by atoms with Gasteiger partial charge in [0.2, 0.25) is 0 Å². The molecule has 2 heterocycles. The second-order valence-corrected chi connectivity index (χ2v) is 8.08. The molecule has 0 saturated heterocycles. The number of fused-ring (bicyclic) bond motifs is 1. The van der Waals surface area contributed by atoms with Gasteiger partial charge in [0.1, 0.15) is 11.6 Å². The number of rotatable bonds is 4. The van der Waals surface area contributed by atoms with Gasteiger partial charge >= 0.3 is 0 Å². The summed E-state index contributed by atoms with van der Waals surface area (Å²) < 4.78 is 20.4. The van der Waals surface area contributed by atoms with E-state index in [-0.39, 0.29) is 11.7 Å². The Morgan fingerprint density at radius 2 is 2.21 bits per heavy atom. The Hall–Kier alpha value is -2.67. The van der Waals surface area contributed by atoms with Gasteiger partial charge in [-0.2, -0.15) is 5.10 Å². The summed E-state index contributed by atoms with van der Waals surface area (Å²) in [5.74, 6) is 0.628. The summed E-state index contributed by atoms with van der Waals surface area (Å²) in [5.41, 5.74) is 4.09. The molecule has 1 aliphatic carbocycles. The Labute approximate surface area is 173 Å². The Morgan fingerprint density at radius 3 is 2.97 bits per heavy atom. The first-order valence-corrected chi connectivity index (χ1v) is 9.98. The molecule has 0 spiro atoms. The molecular weight excluding hydrogens is 395 g/mol. The molecule has 0 bridgehead atoms. The quantitative estimate of drug-likeness (QED) is 0.668. The smallest absolute Gasteiger partial charge is 0.278 e. The predicted octanol–water partition coefficient (Wildman–Crippen LogP) is 4.71. The maximum absolute atomic E-state index is 13.3. The number of nitrogens with one attached hydrogen (secondary N) is 1. The molecule has 0 fully saturated rings. The van der Waals surface area contributed by atoms with Crippen molar-refractivity contribution in [3.05, 3.63) is 63.0 Å². The first kappa shape index (κ1) is 19.6. The van der Waals surface area contributed by atoms with Crippen molar-refractivity contribution in [2.45, 2.75) is 46.6 Å². The lowest BCUT2D eigenvalue weighted by Gasteiger charge is -2.16. The molecular formula is C21H22ClFN4O2. The van der Waals surface area contributed by atoms with Crippen LogP contribution in [0.15, 0.2) is 22.7 Å². The van der Waals surface area contributed by atoms with Crippen molar-refractivity contribution in [1.29, 1.82) is 0 Å². The van der Waals surface area contributed by atoms with Crippen molar-refractivity contribution >= 4 is 23.2 Å². The summed E-state index contributed by atoms with van der Waals surface area (Å²) in [7, 11) is 0. The fourth-order valence-corrected chi connectivity index (χ4v) is 4.00. The highest BCUT2D eigenvalue weighted by atomic mass is 35.5. The predicted molar refractivity (Wildman–Crippen MR) is 108 cm³/mol. The van der Waals surface area contributed by atoms with Crippen LogP contribution in [0.5, 0.6) is 0 Å². The summed E-state index contributed by atoms with van der Waals surface area (Å²) in [5, 5.41) is 11.8. The summed E-state index contributed by atoms with van der Waals surface area (Å²) in [6.45, 7) is 6.23. The van der Waals surface area contributed by atoms with Gasteiger partial charge in [-0.05, 0) is 50.3 Å². The van der Waals surface area contributed by atoms with Crippen LogP contribution in [0.2, 0.25) is 5.02 Å². The number of carbonyl (C=O) groups is 1. The van der Waals surface area contributed by atoms with E-state index in [9.17, 15) is 9.18 Å². The average molecular weight is 417 g/mol. The molecule has 1 aromatic carbocycles. The van der Waals surface area contributed by atoms with E-state index in [1.807, 2.05) is 13.8 Å². The van der Waals surface area contributed by atoms with Crippen molar-refractivity contribution in [3.8, 4) is 0 Å². The molecule has 8 heteroatoms. The number of hydrogen-bond donors (Lipinski definition) is 1. The van der Waals surface area contributed by atoms with Crippen molar-refractivity contribution in [3.63, 3.8) is 0 Å². The fraction of sp³-hybridized carbons (Fsp3) is 0.381. The van der Waals surface area contributed by atoms with E-state index in [1.54, 1.807) is 10.7 Å². The van der Waals surface area contributed by atoms with E-state index in [0.717, 1.165) is 41.8 Å². The third kappa shape index (κ3) is 3.79. The topological polar surface area (TPSA) is 73.0 Å². The molecule has 29 heavy (non-hydrogen) atoms. The monoisotopic (exact) mass is 416 g/mol. The summed E-state index contributed by atoms with van der Waals surface area (Å²) in [6, 6.07) is 4.28. The Bertz CT molecular complexity index is 1090. The molecule has 1 atom stereocenters. The lowest BCUT2D eigenvalue weighted by atomic mass is 9.88. The molecule has 0 radical (unpaired) electrons. The third-order valence-corrected chi connectivity index (χ3v) is 5.81. The third-order valence-electron chi connectivity index (χ3n) is 5.46. The number of amides is 1. The van der Waals surface area contributed by atoms with Crippen LogP contribution in [0.25, 0.3) is 0 Å². The van der Waals surface area contributed by atoms with Crippen LogP contribution in [0.4, 0.5) is 10.1 Å². The second kappa shape index (κ2) is 7.63. The Morgan fingerprint density at radius 1 is 1.41 bits per heavy atom. The molecule has 1 unspecified atom stereocenters. The molecule has 0 saturated carbocycles. The summed E-state index contributed by atoms with van der Waals surface area (Å²) in [6.07, 6.45) is 2.65. The number of aryl methyl sites for hydroxylation is 2. The number of carbonyl (C=O) groups excluding carboxylic acids is 1. The maximum atomic E-state index is 13.3. The van der Waals surface area contributed by atoms with Gasteiger partial charge in [0.05, 0.1) is 23.6 Å². The van der Waals surface area contributed by atoms with Gasteiger partial charge < -0.3 is 9.84 Å². The van der Waals surface area contributed by atoms with Gasteiger partial charge in [-0.3, -0.25) is 9.48 Å². The second-order valence-electron chi connectivity index (χ2n) is 7.67. The number of halogens is 2. The van der Waals surface area contributed by atoms with E-state index in [0.29, 0.717) is 34.6 Å². The van der Waals surface area contributed by atoms with Crippen LogP contribution >= 0.6 is 11.6 Å². The van der Waals surface area contributed by atoms with Crippen molar-refractivity contribution in [2.75, 3.05) is 5.32 Å². The molecule has 1 amide bonds. The van der Waals surface area contributed by atoms with E-state index in [4.69, 9.17) is 16.1 Å². The lowest BCUT2D eigenvalue weighted by molar-refractivity contribution is 0.101. The number of hydrogen-bond acceptors (Lipinski definition) is 4. The van der Waals surface area contributed by atoms with Crippen molar-refractivity contribution < 1.29 is 13.7 Å². The number of nitrogens with zero attached hydrogens (tertiary/aromatic N) is 3. The molecule has 152 valence electrons. The van der Waals surface area contributed by atoms with Crippen LogP contribution in [0.1, 0.15) is 52.1 Å². The van der Waals surface area contributed by atoms with Gasteiger partial charge in [-0.25, -0.2) is 4.39 Å². The normalized spacial score (nSPS) is 16.0. The SMILES string of the molecule is Cc1nn(Cc2ccc(F)cc2Cl)c(C)c1NC(=O)c1noc2c1CC(C)CC2. The first-order chi connectivity index (χ1) is 13.8. The van der Waals surface area contributed by atoms with Crippen LogP contribution in [-0.2, 0) is 19.4 Å². The maximum Gasteiger partial charge on any atom is 0.278 e. The van der Waals surface area contributed by atoms with E-state index in [1.165, 1.54) is 12.1 Å². The van der Waals surface area contributed by atoms with E-state index in [2.05, 4.69) is 22.5 Å². The van der Waals surface area contributed by atoms with Crippen LogP contribution in [0, 0.1) is 25.6 Å². The molecule has 1 N–H and O–H groups in total. The standard InChI is InChI=1S/C21H22ClFN4O2/c1-11-4-7-18-16(8-11)20(26-29-18)21(28)24-19-12(2)25-27(13(19)3)10-14-5-6-15(23)9-17(14)22/h5-6,9,11H,4,7-8,10H2,1-3H3,(H,24,28). The molecule has 2 aromatic heterocycles. The Kier molecular flexibility index (Phi) is 5.17. The zero-order valence-corrected chi connectivity index (χ0v) is 17.3. The minimum Gasteiger partial charge on any atom is -0.360 e. The minimum absolute atomic E-state index is 0.297. The molecule has 0 aliphatic heterocycles. The molecule has 6 nitrogen and oxygen atoms in total. The average Bonchev–Trinajstić information content (AvgIpc) is 3.20. The minimum atomic E-state index is -0.384. The largest absolute Gasteiger partial charge is 0.360 e. The number of anilines is 1. The highest BCUT2D eigenvalue weighted by Crippen LogP contribution is 2.29. The van der Waals surface area contributed by atoms with Gasteiger partial charge in [-0.1, -0.05) is 29.7 Å². The molecule has 1 aliphatic rings. The highest BCUT2D eigenvalue weighted by Gasteiger charge is 2.28. The highest BCUT2D eigenvalue weighted by molar-refractivity contribution is 6.31. The molecule has 4 rings (SSSR count). The van der Waals surface area contributed by atoms with Crippen LogP contribution in [0.3, 0.4) is 0 Å². The number of aromatic nitrogens is 3. The lowest BCUT2D eigenvalue weighted by Crippen LogP contribution is -2.18. The van der Waals surface area contributed by atoms with Crippen LogP contribution in [-0.4, -0.2) is 20.8 Å². The van der Waals surface area contributed by atoms with Gasteiger partial charge in [0.25, 0.3) is 5.91 Å². The zero-order valence-electron chi connectivity index (χ0n) is 16.6. The fourth-order valence-electron chi connectivity index (χ4n) is 3.77. The van der Waals surface area contributed by atoms with Crippen LogP contribution < -0.4 is 5.32 Å². The van der Waals surface area contributed by atoms with Crippen molar-refractivity contribution in [2.24, 2.45) is 5.92 Å². The summed E-state index contributed by atoms with van der Waals surface area (Å²) >= 11 is 6.14. The first-order valence-electron chi connectivity index (χ1n) is 9.60. The zero-order chi connectivity index (χ0) is 20.7. The Balaban J connectivity index is 1.57. The van der Waals surface area contributed by atoms with E-state index < -0.39 is 0 Å². The molecule has 3 aromatic rings. The van der Waals surface area contributed by atoms with Crippen molar-refractivity contribution in [1.82, 2.24) is 14.9 Å². The van der Waals surface area contributed by atoms with Gasteiger partial charge in [-0.15, -0.1) is 0 Å². The van der Waals surface area contributed by atoms with Gasteiger partial charge in [0, 0.05) is 17.0 Å². The summed E-state index contributed by atoms with van der Waals surface area (Å²) in [4.78, 5) is 12.9. The van der Waals surface area contributed by atoms with Gasteiger partial charge in [0.15, 0.2) is 5.69 Å². The number of benzene rings is 1. The van der Waals surface area contributed by atoms with E-state index >= 15 is 0 Å².